The van der Waals surface area contributed by atoms with Crippen molar-refractivity contribution in [2.45, 2.75) is 58.3 Å². The molecule has 0 aromatic heterocycles. The molecule has 0 aromatic carbocycles. The molecule has 1 rings (SSSR count). The van der Waals surface area contributed by atoms with Crippen LogP contribution in [-0.4, -0.2) is 68.6 Å². The number of aliphatic imine (C=N–C) groups is 1. The van der Waals surface area contributed by atoms with Gasteiger partial charge in [-0.15, -0.1) is 0 Å². The van der Waals surface area contributed by atoms with E-state index in [1.165, 1.54) is 71.1 Å². The third kappa shape index (κ3) is 11.4. The molecule has 1 aliphatic heterocycles. The molecule has 23 heavy (non-hydrogen) atoms. The molecule has 1 fully saturated rings. The maximum atomic E-state index is 5.92. The SMILES string of the molecule is CCCCCCCCNC(N)=NCCCN1CCCN(C)CC1. The molecule has 0 spiro atoms. The molecule has 0 amide bonds. The lowest BCUT2D eigenvalue weighted by molar-refractivity contribution is 0.275. The summed E-state index contributed by atoms with van der Waals surface area (Å²) in [6.07, 6.45) is 10.3. The van der Waals surface area contributed by atoms with Gasteiger partial charge < -0.3 is 20.9 Å². The van der Waals surface area contributed by atoms with Crippen LogP contribution in [0.25, 0.3) is 0 Å². The third-order valence-corrected chi connectivity index (χ3v) is 4.56. The molecule has 0 unspecified atom stereocenters. The topological polar surface area (TPSA) is 56.9 Å². The Morgan fingerprint density at radius 2 is 1.78 bits per heavy atom. The van der Waals surface area contributed by atoms with E-state index < -0.39 is 0 Å². The summed E-state index contributed by atoms with van der Waals surface area (Å²) in [6.45, 7) is 10.0. The Hall–Kier alpha value is -0.810. The first-order valence-corrected chi connectivity index (χ1v) is 9.67. The van der Waals surface area contributed by atoms with Gasteiger partial charge in [-0.3, -0.25) is 4.99 Å². The highest BCUT2D eigenvalue weighted by Crippen LogP contribution is 2.04. The van der Waals surface area contributed by atoms with Crippen molar-refractivity contribution >= 4 is 5.96 Å². The lowest BCUT2D eigenvalue weighted by Crippen LogP contribution is -2.33. The Kier molecular flexibility index (Phi) is 12.0. The maximum absolute atomic E-state index is 5.92. The second-order valence-electron chi connectivity index (χ2n) is 6.81. The van der Waals surface area contributed by atoms with Gasteiger partial charge in [0.05, 0.1) is 0 Å². The lowest BCUT2D eigenvalue weighted by Gasteiger charge is -2.19. The number of nitrogens with one attached hydrogen (secondary N) is 1. The van der Waals surface area contributed by atoms with Crippen molar-refractivity contribution < 1.29 is 0 Å². The number of hydrogen-bond donors (Lipinski definition) is 2. The smallest absolute Gasteiger partial charge is 0.188 e. The van der Waals surface area contributed by atoms with E-state index in [2.05, 4.69) is 34.1 Å². The Morgan fingerprint density at radius 3 is 2.61 bits per heavy atom. The summed E-state index contributed by atoms with van der Waals surface area (Å²) in [5, 5.41) is 3.24. The predicted octanol–water partition coefficient (Wildman–Crippen LogP) is 2.28. The molecule has 136 valence electrons. The monoisotopic (exact) mass is 325 g/mol. The zero-order valence-electron chi connectivity index (χ0n) is 15.5. The fourth-order valence-electron chi connectivity index (χ4n) is 3.00. The van der Waals surface area contributed by atoms with E-state index in [0.29, 0.717) is 5.96 Å². The van der Waals surface area contributed by atoms with E-state index in [9.17, 15) is 0 Å². The van der Waals surface area contributed by atoms with E-state index in [1.54, 1.807) is 0 Å². The van der Waals surface area contributed by atoms with E-state index in [1.807, 2.05) is 0 Å². The minimum absolute atomic E-state index is 0.620. The highest BCUT2D eigenvalue weighted by atomic mass is 15.2. The lowest BCUT2D eigenvalue weighted by atomic mass is 10.1. The molecule has 0 aliphatic carbocycles. The van der Waals surface area contributed by atoms with Gasteiger partial charge in [0, 0.05) is 26.2 Å². The zero-order valence-corrected chi connectivity index (χ0v) is 15.5. The van der Waals surface area contributed by atoms with Crippen LogP contribution in [0.1, 0.15) is 58.3 Å². The van der Waals surface area contributed by atoms with E-state index in [4.69, 9.17) is 5.73 Å². The molecule has 0 saturated carbocycles. The highest BCUT2D eigenvalue weighted by molar-refractivity contribution is 5.77. The average Bonchev–Trinajstić information content (AvgIpc) is 2.75. The van der Waals surface area contributed by atoms with Crippen molar-refractivity contribution in [2.24, 2.45) is 10.7 Å². The van der Waals surface area contributed by atoms with Crippen molar-refractivity contribution in [3.05, 3.63) is 0 Å². The standard InChI is InChI=1S/C18H39N5/c1-3-4-5-6-7-8-11-20-18(19)21-12-9-14-23-15-10-13-22(2)16-17-23/h3-17H2,1-2H3,(H3,19,20,21). The summed E-state index contributed by atoms with van der Waals surface area (Å²) < 4.78 is 0. The number of unbranched alkanes of at least 4 members (excludes halogenated alkanes) is 5. The van der Waals surface area contributed by atoms with Crippen LogP contribution in [0.5, 0.6) is 0 Å². The van der Waals surface area contributed by atoms with Crippen molar-refractivity contribution in [1.29, 1.82) is 0 Å². The summed E-state index contributed by atoms with van der Waals surface area (Å²) in [6, 6.07) is 0. The summed E-state index contributed by atoms with van der Waals surface area (Å²) in [5.41, 5.74) is 5.92. The molecule has 1 saturated heterocycles. The summed E-state index contributed by atoms with van der Waals surface area (Å²) >= 11 is 0. The van der Waals surface area contributed by atoms with Crippen LogP contribution in [0.4, 0.5) is 0 Å². The van der Waals surface area contributed by atoms with Crippen LogP contribution in [0.2, 0.25) is 0 Å². The first-order valence-electron chi connectivity index (χ1n) is 9.67. The molecular weight excluding hydrogens is 286 g/mol. The molecule has 0 aromatic rings. The van der Waals surface area contributed by atoms with E-state index in [-0.39, 0.29) is 0 Å². The normalized spacial score (nSPS) is 18.1. The number of rotatable bonds is 11. The quantitative estimate of drug-likeness (QED) is 0.348. The molecule has 0 radical (unpaired) electrons. The van der Waals surface area contributed by atoms with Gasteiger partial charge in [-0.05, 0) is 45.9 Å². The molecule has 1 heterocycles. The van der Waals surface area contributed by atoms with Gasteiger partial charge >= 0.3 is 0 Å². The van der Waals surface area contributed by atoms with Crippen LogP contribution >= 0.6 is 0 Å². The third-order valence-electron chi connectivity index (χ3n) is 4.56. The van der Waals surface area contributed by atoms with Gasteiger partial charge in [0.1, 0.15) is 0 Å². The molecule has 5 nitrogen and oxygen atoms in total. The van der Waals surface area contributed by atoms with Gasteiger partial charge in [0.25, 0.3) is 0 Å². The Balaban J connectivity index is 1.97. The van der Waals surface area contributed by atoms with Crippen LogP contribution < -0.4 is 11.1 Å². The Bertz CT molecular complexity index is 306. The summed E-state index contributed by atoms with van der Waals surface area (Å²) in [7, 11) is 2.21. The highest BCUT2D eigenvalue weighted by Gasteiger charge is 2.10. The average molecular weight is 326 g/mol. The molecule has 1 aliphatic rings. The number of likely N-dealkylation sites (N-methyl/N-ethyl adjacent to an activating group) is 1. The van der Waals surface area contributed by atoms with Crippen LogP contribution in [0.15, 0.2) is 4.99 Å². The number of nitrogens with zero attached hydrogens (tertiary/aromatic N) is 3. The Morgan fingerprint density at radius 1 is 1.00 bits per heavy atom. The van der Waals surface area contributed by atoms with Gasteiger partial charge in [0.15, 0.2) is 5.96 Å². The van der Waals surface area contributed by atoms with Crippen LogP contribution in [-0.2, 0) is 0 Å². The van der Waals surface area contributed by atoms with Crippen LogP contribution in [0.3, 0.4) is 0 Å². The van der Waals surface area contributed by atoms with Crippen molar-refractivity contribution in [1.82, 2.24) is 15.1 Å². The van der Waals surface area contributed by atoms with Gasteiger partial charge in [-0.1, -0.05) is 39.0 Å². The summed E-state index contributed by atoms with van der Waals surface area (Å²) in [4.78, 5) is 9.41. The first kappa shape index (κ1) is 20.2. The second kappa shape index (κ2) is 13.6. The Labute approximate surface area is 143 Å². The fraction of sp³-hybridized carbons (Fsp3) is 0.944. The largest absolute Gasteiger partial charge is 0.370 e. The van der Waals surface area contributed by atoms with E-state index in [0.717, 1.165) is 26.1 Å². The molecule has 0 bridgehead atoms. The minimum atomic E-state index is 0.620. The summed E-state index contributed by atoms with van der Waals surface area (Å²) in [5.74, 6) is 0.620. The maximum Gasteiger partial charge on any atom is 0.188 e. The van der Waals surface area contributed by atoms with Crippen molar-refractivity contribution in [2.75, 3.05) is 52.9 Å². The van der Waals surface area contributed by atoms with Gasteiger partial charge in [-0.25, -0.2) is 0 Å². The van der Waals surface area contributed by atoms with Crippen LogP contribution in [0, 0.1) is 0 Å². The number of nitrogens with two attached hydrogens (primary N) is 1. The second-order valence-corrected chi connectivity index (χ2v) is 6.81. The first-order chi connectivity index (χ1) is 11.2. The van der Waals surface area contributed by atoms with E-state index >= 15 is 0 Å². The zero-order chi connectivity index (χ0) is 16.8. The van der Waals surface area contributed by atoms with Crippen molar-refractivity contribution in [3.63, 3.8) is 0 Å². The van der Waals surface area contributed by atoms with Crippen molar-refractivity contribution in [3.8, 4) is 0 Å². The van der Waals surface area contributed by atoms with Gasteiger partial charge in [-0.2, -0.15) is 0 Å². The molecule has 0 atom stereocenters. The molecule has 5 heteroatoms. The fourth-order valence-corrected chi connectivity index (χ4v) is 3.00. The predicted molar refractivity (Wildman–Crippen MR) is 101 cm³/mol. The minimum Gasteiger partial charge on any atom is -0.370 e. The molecule has 3 N–H and O–H groups in total. The van der Waals surface area contributed by atoms with Gasteiger partial charge in [0.2, 0.25) is 0 Å². The number of guanidine groups is 1. The number of hydrogen-bond acceptors (Lipinski definition) is 3. The molecular formula is C18H39N5.